The number of ether oxygens (including phenoxy) is 3. The van der Waals surface area contributed by atoms with Gasteiger partial charge in [0, 0.05) is 13.1 Å². The molecule has 154 valence electrons. The third-order valence-corrected chi connectivity index (χ3v) is 4.39. The average Bonchev–Trinajstić information content (AvgIpc) is 3.19. The lowest BCUT2D eigenvalue weighted by Crippen LogP contribution is -2.43. The fourth-order valence-corrected chi connectivity index (χ4v) is 2.77. The van der Waals surface area contributed by atoms with Crippen LogP contribution in [0.5, 0.6) is 11.5 Å². The minimum Gasteiger partial charge on any atom is -0.493 e. The topological polar surface area (TPSA) is 103 Å². The highest BCUT2D eigenvalue weighted by Gasteiger charge is 2.18. The molecule has 2 aromatic rings. The third kappa shape index (κ3) is 5.35. The maximum Gasteiger partial charge on any atom is 0.274 e. The number of hydrogen-bond acceptors (Lipinski definition) is 7. The van der Waals surface area contributed by atoms with Crippen LogP contribution in [-0.2, 0) is 9.53 Å². The highest BCUT2D eigenvalue weighted by molar-refractivity contribution is 5.95. The van der Waals surface area contributed by atoms with Crippen molar-refractivity contribution in [2.75, 3.05) is 40.0 Å². The summed E-state index contributed by atoms with van der Waals surface area (Å²) in [7, 11) is 1.51. The number of carbonyl (C=O) groups is 2. The minimum atomic E-state index is -0.360. The lowest BCUT2D eigenvalue weighted by Gasteiger charge is -2.26. The molecule has 2 amide bonds. The molecule has 0 atom stereocenters. The predicted molar refractivity (Wildman–Crippen MR) is 104 cm³/mol. The standard InChI is InChI=1S/C20H23N3O6/c1-14-16(5-8-28-14)20(25)22-21-12-15-3-4-17(18(11-15)26-2)29-13-19(24)23-6-9-27-10-7-23/h3-5,8,11-12H,6-7,9-10,13H2,1-2H3,(H,22,25)/b21-12+. The molecule has 1 aliphatic heterocycles. The van der Waals surface area contributed by atoms with Crippen LogP contribution in [0, 0.1) is 6.92 Å². The zero-order valence-corrected chi connectivity index (χ0v) is 16.3. The average molecular weight is 401 g/mol. The second-order valence-corrected chi connectivity index (χ2v) is 6.28. The second kappa shape index (κ2) is 9.74. The Kier molecular flexibility index (Phi) is 6.85. The monoisotopic (exact) mass is 401 g/mol. The SMILES string of the molecule is COc1cc(/C=N/NC(=O)c2ccoc2C)ccc1OCC(=O)N1CCOCC1. The Balaban J connectivity index is 1.57. The Morgan fingerprint density at radius 2 is 2.03 bits per heavy atom. The largest absolute Gasteiger partial charge is 0.493 e. The Morgan fingerprint density at radius 1 is 1.24 bits per heavy atom. The summed E-state index contributed by atoms with van der Waals surface area (Å²) in [5, 5.41) is 3.94. The number of methoxy groups -OCH3 is 1. The Bertz CT molecular complexity index is 886. The number of carbonyl (C=O) groups excluding carboxylic acids is 2. The normalized spacial score (nSPS) is 14.1. The van der Waals surface area contributed by atoms with Crippen molar-refractivity contribution in [2.24, 2.45) is 5.10 Å². The van der Waals surface area contributed by atoms with Gasteiger partial charge in [-0.1, -0.05) is 0 Å². The summed E-state index contributed by atoms with van der Waals surface area (Å²) < 4.78 is 21.3. The molecule has 9 heteroatoms. The Morgan fingerprint density at radius 3 is 2.72 bits per heavy atom. The lowest BCUT2D eigenvalue weighted by molar-refractivity contribution is -0.137. The molecule has 1 N–H and O–H groups in total. The van der Waals surface area contributed by atoms with Gasteiger partial charge in [-0.25, -0.2) is 5.43 Å². The molecular weight excluding hydrogens is 378 g/mol. The van der Waals surface area contributed by atoms with Crippen molar-refractivity contribution in [3.63, 3.8) is 0 Å². The maximum atomic E-state index is 12.2. The summed E-state index contributed by atoms with van der Waals surface area (Å²) in [6, 6.07) is 6.71. The first kappa shape index (κ1) is 20.4. The van der Waals surface area contributed by atoms with Gasteiger partial charge in [0.2, 0.25) is 0 Å². The number of benzene rings is 1. The zero-order valence-electron chi connectivity index (χ0n) is 16.3. The molecule has 0 unspecified atom stereocenters. The summed E-state index contributed by atoms with van der Waals surface area (Å²) in [6.07, 6.45) is 2.93. The van der Waals surface area contributed by atoms with E-state index in [1.54, 1.807) is 36.1 Å². The molecule has 1 saturated heterocycles. The van der Waals surface area contributed by atoms with Gasteiger partial charge in [-0.15, -0.1) is 0 Å². The van der Waals surface area contributed by atoms with Gasteiger partial charge < -0.3 is 23.5 Å². The molecule has 9 nitrogen and oxygen atoms in total. The van der Waals surface area contributed by atoms with E-state index in [1.165, 1.54) is 19.6 Å². The Hall–Kier alpha value is -3.33. The van der Waals surface area contributed by atoms with Gasteiger partial charge in [-0.05, 0) is 36.8 Å². The van der Waals surface area contributed by atoms with Gasteiger partial charge in [-0.3, -0.25) is 9.59 Å². The molecule has 29 heavy (non-hydrogen) atoms. The van der Waals surface area contributed by atoms with E-state index in [1.807, 2.05) is 0 Å². The van der Waals surface area contributed by atoms with Gasteiger partial charge in [-0.2, -0.15) is 5.10 Å². The smallest absolute Gasteiger partial charge is 0.274 e. The molecule has 1 fully saturated rings. The van der Waals surface area contributed by atoms with E-state index >= 15 is 0 Å². The van der Waals surface area contributed by atoms with Crippen molar-refractivity contribution in [2.45, 2.75) is 6.92 Å². The van der Waals surface area contributed by atoms with E-state index in [-0.39, 0.29) is 18.4 Å². The summed E-state index contributed by atoms with van der Waals surface area (Å²) in [5.41, 5.74) is 3.56. The van der Waals surface area contributed by atoms with Crippen LogP contribution in [0.15, 0.2) is 40.0 Å². The highest BCUT2D eigenvalue weighted by Crippen LogP contribution is 2.27. The first-order chi connectivity index (χ1) is 14.1. The quantitative estimate of drug-likeness (QED) is 0.558. The van der Waals surface area contributed by atoms with Crippen LogP contribution in [-0.4, -0.2) is 62.9 Å². The molecule has 0 bridgehead atoms. The van der Waals surface area contributed by atoms with Gasteiger partial charge in [0.1, 0.15) is 5.76 Å². The van der Waals surface area contributed by atoms with E-state index in [2.05, 4.69) is 10.5 Å². The van der Waals surface area contributed by atoms with Gasteiger partial charge in [0.15, 0.2) is 18.1 Å². The second-order valence-electron chi connectivity index (χ2n) is 6.28. The van der Waals surface area contributed by atoms with E-state index in [0.29, 0.717) is 54.7 Å². The molecule has 1 aromatic carbocycles. The van der Waals surface area contributed by atoms with Gasteiger partial charge >= 0.3 is 0 Å². The molecule has 0 saturated carbocycles. The summed E-state index contributed by atoms with van der Waals surface area (Å²) in [5.74, 6) is 0.969. The zero-order chi connectivity index (χ0) is 20.6. The van der Waals surface area contributed by atoms with Gasteiger partial charge in [0.05, 0.1) is 38.4 Å². The fraction of sp³-hybridized carbons (Fsp3) is 0.350. The van der Waals surface area contributed by atoms with Crippen molar-refractivity contribution in [1.82, 2.24) is 10.3 Å². The van der Waals surface area contributed by atoms with E-state index < -0.39 is 0 Å². The van der Waals surface area contributed by atoms with Crippen molar-refractivity contribution in [1.29, 1.82) is 0 Å². The van der Waals surface area contributed by atoms with Crippen molar-refractivity contribution in [3.8, 4) is 11.5 Å². The first-order valence-corrected chi connectivity index (χ1v) is 9.12. The number of nitrogens with zero attached hydrogens (tertiary/aromatic N) is 2. The van der Waals surface area contributed by atoms with Crippen molar-refractivity contribution >= 4 is 18.0 Å². The maximum absolute atomic E-state index is 12.2. The number of amides is 2. The number of hydrogen-bond donors (Lipinski definition) is 1. The van der Waals surface area contributed by atoms with Crippen LogP contribution in [0.3, 0.4) is 0 Å². The molecule has 2 heterocycles. The molecular formula is C20H23N3O6. The number of rotatable bonds is 7. The number of aryl methyl sites for hydroxylation is 1. The molecule has 0 aliphatic carbocycles. The number of morpholine rings is 1. The third-order valence-electron chi connectivity index (χ3n) is 4.39. The van der Waals surface area contributed by atoms with Crippen LogP contribution in [0.4, 0.5) is 0 Å². The van der Waals surface area contributed by atoms with Crippen molar-refractivity contribution in [3.05, 3.63) is 47.4 Å². The number of furan rings is 1. The molecule has 3 rings (SSSR count). The number of nitrogens with one attached hydrogen (secondary N) is 1. The molecule has 1 aliphatic rings. The fourth-order valence-electron chi connectivity index (χ4n) is 2.77. The lowest BCUT2D eigenvalue weighted by atomic mass is 10.2. The van der Waals surface area contributed by atoms with E-state index in [4.69, 9.17) is 18.6 Å². The van der Waals surface area contributed by atoms with E-state index in [0.717, 1.165) is 0 Å². The van der Waals surface area contributed by atoms with Crippen LogP contribution < -0.4 is 14.9 Å². The molecule has 1 aromatic heterocycles. The van der Waals surface area contributed by atoms with Crippen LogP contribution >= 0.6 is 0 Å². The molecule has 0 spiro atoms. The predicted octanol–water partition coefficient (Wildman–Crippen LogP) is 1.60. The number of hydrazone groups is 1. The molecule has 0 radical (unpaired) electrons. The first-order valence-electron chi connectivity index (χ1n) is 9.12. The summed E-state index contributed by atoms with van der Waals surface area (Å²) in [6.45, 7) is 3.84. The minimum absolute atomic E-state index is 0.0795. The summed E-state index contributed by atoms with van der Waals surface area (Å²) >= 11 is 0. The highest BCUT2D eigenvalue weighted by atomic mass is 16.5. The Labute approximate surface area is 168 Å². The van der Waals surface area contributed by atoms with Crippen LogP contribution in [0.2, 0.25) is 0 Å². The van der Waals surface area contributed by atoms with Crippen LogP contribution in [0.1, 0.15) is 21.7 Å². The summed E-state index contributed by atoms with van der Waals surface area (Å²) in [4.78, 5) is 25.9. The van der Waals surface area contributed by atoms with Crippen LogP contribution in [0.25, 0.3) is 0 Å². The van der Waals surface area contributed by atoms with Crippen molar-refractivity contribution < 1.29 is 28.2 Å². The van der Waals surface area contributed by atoms with E-state index in [9.17, 15) is 9.59 Å². The van der Waals surface area contributed by atoms with Gasteiger partial charge in [0.25, 0.3) is 11.8 Å².